The lowest BCUT2D eigenvalue weighted by Crippen LogP contribution is -2.38. The fraction of sp³-hybridized carbons (Fsp3) is 0.923. The summed E-state index contributed by atoms with van der Waals surface area (Å²) < 4.78 is 25.0. The second kappa shape index (κ2) is 10.9. The van der Waals surface area contributed by atoms with E-state index < -0.39 is 10.0 Å². The summed E-state index contributed by atoms with van der Waals surface area (Å²) in [6.07, 6.45) is 1.79. The van der Waals surface area contributed by atoms with Gasteiger partial charge in [0.05, 0.1) is 5.75 Å². The van der Waals surface area contributed by atoms with Gasteiger partial charge in [0.1, 0.15) is 0 Å². The molecule has 7 heteroatoms. The molecule has 0 saturated carbocycles. The molecule has 0 aromatic carbocycles. The number of guanidine groups is 1. The third kappa shape index (κ3) is 11.0. The number of sulfonamides is 1. The smallest absolute Gasteiger partial charge is 0.211 e. The fourth-order valence-corrected chi connectivity index (χ4v) is 2.08. The van der Waals surface area contributed by atoms with E-state index >= 15 is 0 Å². The highest BCUT2D eigenvalue weighted by Crippen LogP contribution is 1.96. The van der Waals surface area contributed by atoms with Crippen LogP contribution < -0.4 is 15.4 Å². The van der Waals surface area contributed by atoms with Crippen molar-refractivity contribution in [2.75, 3.05) is 31.9 Å². The van der Waals surface area contributed by atoms with Crippen LogP contribution in [0.5, 0.6) is 0 Å². The molecule has 6 nitrogen and oxygen atoms in total. The van der Waals surface area contributed by atoms with Gasteiger partial charge in [-0.15, -0.1) is 0 Å². The first-order valence-corrected chi connectivity index (χ1v) is 9.06. The van der Waals surface area contributed by atoms with Crippen molar-refractivity contribution in [2.24, 2.45) is 10.9 Å². The first kappa shape index (κ1) is 19.2. The van der Waals surface area contributed by atoms with Crippen LogP contribution in [0.1, 0.15) is 40.5 Å². The van der Waals surface area contributed by atoms with Crippen LogP contribution in [0, 0.1) is 5.92 Å². The predicted octanol–water partition coefficient (Wildman–Crippen LogP) is 0.917. The van der Waals surface area contributed by atoms with Crippen LogP contribution in [-0.2, 0) is 10.0 Å². The molecular weight excluding hydrogens is 276 g/mol. The number of nitrogens with zero attached hydrogens (tertiary/aromatic N) is 1. The van der Waals surface area contributed by atoms with Crippen molar-refractivity contribution in [3.63, 3.8) is 0 Å². The van der Waals surface area contributed by atoms with Gasteiger partial charge < -0.3 is 10.6 Å². The van der Waals surface area contributed by atoms with Gasteiger partial charge in [0.25, 0.3) is 0 Å². The van der Waals surface area contributed by atoms with Crippen molar-refractivity contribution in [1.82, 2.24) is 15.4 Å². The van der Waals surface area contributed by atoms with Gasteiger partial charge in [-0.1, -0.05) is 13.8 Å². The Morgan fingerprint density at radius 1 is 1.15 bits per heavy atom. The average Bonchev–Trinajstić information content (AvgIpc) is 2.37. The third-order valence-electron chi connectivity index (χ3n) is 2.67. The second-order valence-electron chi connectivity index (χ2n) is 5.02. The average molecular weight is 306 g/mol. The first-order chi connectivity index (χ1) is 9.41. The Labute approximate surface area is 123 Å². The van der Waals surface area contributed by atoms with E-state index in [4.69, 9.17) is 0 Å². The quantitative estimate of drug-likeness (QED) is 0.318. The molecule has 0 spiro atoms. The third-order valence-corrected chi connectivity index (χ3v) is 4.07. The van der Waals surface area contributed by atoms with Crippen LogP contribution in [-0.4, -0.2) is 46.3 Å². The second-order valence-corrected chi connectivity index (χ2v) is 7.12. The highest BCUT2D eigenvalue weighted by Gasteiger charge is 2.04. The van der Waals surface area contributed by atoms with E-state index in [-0.39, 0.29) is 5.75 Å². The molecule has 3 N–H and O–H groups in total. The molecule has 0 rings (SSSR count). The molecule has 0 heterocycles. The Hall–Kier alpha value is -0.820. The van der Waals surface area contributed by atoms with Crippen LogP contribution in [0.2, 0.25) is 0 Å². The molecule has 0 atom stereocenters. The van der Waals surface area contributed by atoms with Crippen LogP contribution in [0.4, 0.5) is 0 Å². The molecule has 0 unspecified atom stereocenters. The summed E-state index contributed by atoms with van der Waals surface area (Å²) in [5.41, 5.74) is 0. The van der Waals surface area contributed by atoms with Crippen molar-refractivity contribution < 1.29 is 8.42 Å². The highest BCUT2D eigenvalue weighted by atomic mass is 32.2. The zero-order valence-electron chi connectivity index (χ0n) is 13.2. The Bertz CT molecular complexity index is 367. The summed E-state index contributed by atoms with van der Waals surface area (Å²) in [7, 11) is -3.08. The van der Waals surface area contributed by atoms with Crippen molar-refractivity contribution in [1.29, 1.82) is 0 Å². The Kier molecular flexibility index (Phi) is 10.5. The zero-order valence-corrected chi connectivity index (χ0v) is 14.0. The largest absolute Gasteiger partial charge is 0.357 e. The minimum atomic E-state index is -3.08. The Morgan fingerprint density at radius 2 is 1.85 bits per heavy atom. The van der Waals surface area contributed by atoms with Crippen LogP contribution >= 0.6 is 0 Å². The van der Waals surface area contributed by atoms with Crippen molar-refractivity contribution >= 4 is 16.0 Å². The topological polar surface area (TPSA) is 82.6 Å². The summed E-state index contributed by atoms with van der Waals surface area (Å²) in [6, 6.07) is 0. The fourth-order valence-electron chi connectivity index (χ4n) is 1.42. The van der Waals surface area contributed by atoms with Gasteiger partial charge in [-0.3, -0.25) is 4.99 Å². The lowest BCUT2D eigenvalue weighted by atomic mass is 10.1. The predicted molar refractivity (Wildman–Crippen MR) is 85.5 cm³/mol. The number of nitrogens with one attached hydrogen (secondary N) is 3. The normalized spacial score (nSPS) is 12.8. The summed E-state index contributed by atoms with van der Waals surface area (Å²) in [4.78, 5) is 4.42. The molecule has 20 heavy (non-hydrogen) atoms. The number of rotatable bonds is 10. The minimum Gasteiger partial charge on any atom is -0.357 e. The van der Waals surface area contributed by atoms with E-state index in [0.717, 1.165) is 25.5 Å². The molecule has 0 aliphatic carbocycles. The van der Waals surface area contributed by atoms with E-state index in [1.807, 2.05) is 6.92 Å². The first-order valence-electron chi connectivity index (χ1n) is 7.40. The molecule has 0 aromatic heterocycles. The van der Waals surface area contributed by atoms with Crippen LogP contribution in [0.15, 0.2) is 4.99 Å². The SMILES string of the molecule is CCNC(=NCCCNS(=O)(=O)CC)NCCC(C)C. The van der Waals surface area contributed by atoms with Gasteiger partial charge >= 0.3 is 0 Å². The van der Waals surface area contributed by atoms with Gasteiger partial charge in [0.15, 0.2) is 5.96 Å². The monoisotopic (exact) mass is 306 g/mol. The maximum Gasteiger partial charge on any atom is 0.211 e. The number of hydrogen-bond acceptors (Lipinski definition) is 3. The van der Waals surface area contributed by atoms with Gasteiger partial charge in [0, 0.05) is 26.2 Å². The summed E-state index contributed by atoms with van der Waals surface area (Å²) in [5.74, 6) is 1.58. The molecule has 0 aromatic rings. The van der Waals surface area contributed by atoms with Crippen LogP contribution in [0.3, 0.4) is 0 Å². The Balaban J connectivity index is 3.96. The minimum absolute atomic E-state index is 0.121. The van der Waals surface area contributed by atoms with Crippen molar-refractivity contribution in [2.45, 2.75) is 40.5 Å². The molecule has 120 valence electrons. The van der Waals surface area contributed by atoms with Gasteiger partial charge in [0.2, 0.25) is 10.0 Å². The summed E-state index contributed by atoms with van der Waals surface area (Å²) >= 11 is 0. The summed E-state index contributed by atoms with van der Waals surface area (Å²) in [5, 5.41) is 6.45. The maximum atomic E-state index is 11.2. The molecule has 0 amide bonds. The van der Waals surface area contributed by atoms with Crippen molar-refractivity contribution in [3.8, 4) is 0 Å². The van der Waals surface area contributed by atoms with Crippen molar-refractivity contribution in [3.05, 3.63) is 0 Å². The number of aliphatic imine (C=N–C) groups is 1. The van der Waals surface area contributed by atoms with Gasteiger partial charge in [-0.25, -0.2) is 13.1 Å². The van der Waals surface area contributed by atoms with E-state index in [2.05, 4.69) is 34.2 Å². The lowest BCUT2D eigenvalue weighted by Gasteiger charge is -2.12. The molecule has 0 aliphatic heterocycles. The molecule has 0 saturated heterocycles. The maximum absolute atomic E-state index is 11.2. The molecule has 0 bridgehead atoms. The molecule has 0 aliphatic rings. The van der Waals surface area contributed by atoms with E-state index in [9.17, 15) is 8.42 Å². The Morgan fingerprint density at radius 3 is 2.40 bits per heavy atom. The van der Waals surface area contributed by atoms with E-state index in [1.54, 1.807) is 6.92 Å². The van der Waals surface area contributed by atoms with Crippen LogP contribution in [0.25, 0.3) is 0 Å². The zero-order chi connectivity index (χ0) is 15.4. The molecule has 0 radical (unpaired) electrons. The van der Waals surface area contributed by atoms with Gasteiger partial charge in [-0.2, -0.15) is 0 Å². The lowest BCUT2D eigenvalue weighted by molar-refractivity contribution is 0.573. The van der Waals surface area contributed by atoms with E-state index in [1.165, 1.54) is 0 Å². The number of hydrogen-bond donors (Lipinski definition) is 3. The van der Waals surface area contributed by atoms with Gasteiger partial charge in [-0.05, 0) is 32.6 Å². The summed E-state index contributed by atoms with van der Waals surface area (Å²) in [6.45, 7) is 10.8. The standard InChI is InChI=1S/C13H30N4O2S/c1-5-14-13(16-11-8-12(3)4)15-9-7-10-17-20(18,19)6-2/h12,17H,5-11H2,1-4H3,(H2,14,15,16). The molecule has 0 fully saturated rings. The molecular formula is C13H30N4O2S. The van der Waals surface area contributed by atoms with E-state index in [0.29, 0.717) is 25.4 Å². The highest BCUT2D eigenvalue weighted by molar-refractivity contribution is 7.89.